The number of rotatable bonds is 2. The second-order valence-corrected chi connectivity index (χ2v) is 4.43. The third kappa shape index (κ3) is 1.87. The van der Waals surface area contributed by atoms with Gasteiger partial charge in [-0.1, -0.05) is 12.1 Å². The zero-order chi connectivity index (χ0) is 12.5. The van der Waals surface area contributed by atoms with Crippen molar-refractivity contribution in [1.29, 1.82) is 0 Å². The summed E-state index contributed by atoms with van der Waals surface area (Å²) in [5.74, 6) is 0.707. The van der Waals surface area contributed by atoms with Crippen LogP contribution >= 0.6 is 0 Å². The number of hydrogen-bond donors (Lipinski definition) is 1. The Morgan fingerprint density at radius 1 is 1.17 bits per heavy atom. The van der Waals surface area contributed by atoms with E-state index in [1.165, 1.54) is 17.7 Å². The van der Waals surface area contributed by atoms with Gasteiger partial charge in [-0.05, 0) is 46.5 Å². The highest BCUT2D eigenvalue weighted by Gasteiger charge is 2.13. The highest BCUT2D eigenvalue weighted by molar-refractivity contribution is 5.69. The minimum absolute atomic E-state index is 0.247. The second kappa shape index (κ2) is 4.42. The first-order chi connectivity index (χ1) is 8.78. The highest BCUT2D eigenvalue weighted by Crippen LogP contribution is 2.32. The molecule has 0 aliphatic carbocycles. The van der Waals surface area contributed by atoms with Gasteiger partial charge in [-0.15, -0.1) is 0 Å². The van der Waals surface area contributed by atoms with Crippen LogP contribution in [-0.4, -0.2) is 6.61 Å². The van der Waals surface area contributed by atoms with Crippen molar-refractivity contribution in [3.05, 3.63) is 53.3 Å². The SMILES string of the molecule is NCc1cc(F)ccc1-c1ccc2c(c1)CCO2. The average Bonchev–Trinajstić information content (AvgIpc) is 2.85. The molecule has 1 heterocycles. The Morgan fingerprint density at radius 2 is 2.06 bits per heavy atom. The summed E-state index contributed by atoms with van der Waals surface area (Å²) < 4.78 is 18.7. The van der Waals surface area contributed by atoms with Gasteiger partial charge >= 0.3 is 0 Å². The zero-order valence-corrected chi connectivity index (χ0v) is 9.95. The lowest BCUT2D eigenvalue weighted by Gasteiger charge is -2.09. The fourth-order valence-corrected chi connectivity index (χ4v) is 2.37. The lowest BCUT2D eigenvalue weighted by atomic mass is 9.97. The molecule has 92 valence electrons. The van der Waals surface area contributed by atoms with Crippen LogP contribution in [0.5, 0.6) is 5.75 Å². The molecular weight excluding hydrogens is 229 g/mol. The molecule has 0 bridgehead atoms. The van der Waals surface area contributed by atoms with Gasteiger partial charge in [0.2, 0.25) is 0 Å². The first kappa shape index (κ1) is 11.2. The van der Waals surface area contributed by atoms with Crippen molar-refractivity contribution in [3.63, 3.8) is 0 Å². The van der Waals surface area contributed by atoms with Crippen molar-refractivity contribution in [2.24, 2.45) is 5.73 Å². The fourth-order valence-electron chi connectivity index (χ4n) is 2.37. The Kier molecular flexibility index (Phi) is 2.76. The number of benzene rings is 2. The minimum atomic E-state index is -0.247. The summed E-state index contributed by atoms with van der Waals surface area (Å²) in [6, 6.07) is 10.8. The molecule has 0 atom stereocenters. The monoisotopic (exact) mass is 243 g/mol. The maximum atomic E-state index is 13.2. The standard InChI is InChI=1S/C15H14FNO/c16-13-2-3-14(12(8-13)9-17)10-1-4-15-11(7-10)5-6-18-15/h1-4,7-8H,5-6,9,17H2. The summed E-state index contributed by atoms with van der Waals surface area (Å²) in [6.07, 6.45) is 0.933. The zero-order valence-electron chi connectivity index (χ0n) is 9.95. The molecule has 0 radical (unpaired) electrons. The predicted molar refractivity (Wildman–Crippen MR) is 68.9 cm³/mol. The van der Waals surface area contributed by atoms with E-state index < -0.39 is 0 Å². The van der Waals surface area contributed by atoms with Crippen molar-refractivity contribution in [2.75, 3.05) is 6.61 Å². The van der Waals surface area contributed by atoms with Gasteiger partial charge in [0.1, 0.15) is 11.6 Å². The predicted octanol–water partition coefficient (Wildman–Crippen LogP) is 2.89. The van der Waals surface area contributed by atoms with Crippen molar-refractivity contribution in [3.8, 4) is 16.9 Å². The van der Waals surface area contributed by atoms with Crippen molar-refractivity contribution < 1.29 is 9.13 Å². The van der Waals surface area contributed by atoms with E-state index in [-0.39, 0.29) is 5.82 Å². The minimum Gasteiger partial charge on any atom is -0.493 e. The number of halogens is 1. The van der Waals surface area contributed by atoms with Crippen LogP contribution in [0, 0.1) is 5.82 Å². The Hall–Kier alpha value is -1.87. The Balaban J connectivity index is 2.09. The third-order valence-electron chi connectivity index (χ3n) is 3.29. The second-order valence-electron chi connectivity index (χ2n) is 4.43. The molecule has 0 aromatic heterocycles. The van der Waals surface area contributed by atoms with E-state index in [9.17, 15) is 4.39 Å². The largest absolute Gasteiger partial charge is 0.493 e. The number of hydrogen-bond acceptors (Lipinski definition) is 2. The van der Waals surface area contributed by atoms with Gasteiger partial charge in [-0.2, -0.15) is 0 Å². The molecule has 0 unspecified atom stereocenters. The summed E-state index contributed by atoms with van der Waals surface area (Å²) in [7, 11) is 0. The molecular formula is C15H14FNO. The highest BCUT2D eigenvalue weighted by atomic mass is 19.1. The van der Waals surface area contributed by atoms with Crippen molar-refractivity contribution in [1.82, 2.24) is 0 Å². The van der Waals surface area contributed by atoms with Crippen LogP contribution in [0.1, 0.15) is 11.1 Å². The van der Waals surface area contributed by atoms with Gasteiger partial charge in [0.25, 0.3) is 0 Å². The average molecular weight is 243 g/mol. The first-order valence-electron chi connectivity index (χ1n) is 6.02. The fraction of sp³-hybridized carbons (Fsp3) is 0.200. The molecule has 0 fully saturated rings. The van der Waals surface area contributed by atoms with Crippen LogP contribution in [0.4, 0.5) is 4.39 Å². The molecule has 2 N–H and O–H groups in total. The van der Waals surface area contributed by atoms with E-state index in [1.807, 2.05) is 12.1 Å². The molecule has 18 heavy (non-hydrogen) atoms. The Labute approximate surface area is 105 Å². The van der Waals surface area contributed by atoms with Crippen LogP contribution in [-0.2, 0) is 13.0 Å². The summed E-state index contributed by atoms with van der Waals surface area (Å²) in [5, 5.41) is 0. The van der Waals surface area contributed by atoms with Crippen LogP contribution in [0.15, 0.2) is 36.4 Å². The van der Waals surface area contributed by atoms with E-state index in [4.69, 9.17) is 10.5 Å². The van der Waals surface area contributed by atoms with Crippen LogP contribution < -0.4 is 10.5 Å². The maximum absolute atomic E-state index is 13.2. The molecule has 3 heteroatoms. The van der Waals surface area contributed by atoms with Gasteiger partial charge in [-0.25, -0.2) is 4.39 Å². The molecule has 0 spiro atoms. The van der Waals surface area contributed by atoms with Gasteiger partial charge < -0.3 is 10.5 Å². The summed E-state index contributed by atoms with van der Waals surface area (Å²) in [6.45, 7) is 1.08. The van der Waals surface area contributed by atoms with Gasteiger partial charge in [0.05, 0.1) is 6.61 Å². The van der Waals surface area contributed by atoms with Crippen molar-refractivity contribution >= 4 is 0 Å². The Bertz CT molecular complexity index is 595. The van der Waals surface area contributed by atoms with Crippen LogP contribution in [0.25, 0.3) is 11.1 Å². The molecule has 1 aliphatic heterocycles. The number of ether oxygens (including phenoxy) is 1. The Morgan fingerprint density at radius 3 is 2.89 bits per heavy atom. The molecule has 0 amide bonds. The lowest BCUT2D eigenvalue weighted by Crippen LogP contribution is -1.99. The molecule has 3 rings (SSSR count). The topological polar surface area (TPSA) is 35.2 Å². The maximum Gasteiger partial charge on any atom is 0.123 e. The van der Waals surface area contributed by atoms with E-state index in [1.54, 1.807) is 6.07 Å². The molecule has 0 saturated heterocycles. The number of nitrogens with two attached hydrogens (primary N) is 1. The van der Waals surface area contributed by atoms with E-state index in [2.05, 4.69) is 6.07 Å². The molecule has 1 aliphatic rings. The summed E-state index contributed by atoms with van der Waals surface area (Å²) >= 11 is 0. The van der Waals surface area contributed by atoms with Crippen molar-refractivity contribution in [2.45, 2.75) is 13.0 Å². The molecule has 0 saturated carbocycles. The first-order valence-corrected chi connectivity index (χ1v) is 6.02. The normalized spacial score (nSPS) is 13.2. The number of fused-ring (bicyclic) bond motifs is 1. The van der Waals surface area contributed by atoms with Gasteiger partial charge in [0.15, 0.2) is 0 Å². The van der Waals surface area contributed by atoms with Gasteiger partial charge in [-0.3, -0.25) is 0 Å². The summed E-state index contributed by atoms with van der Waals surface area (Å²) in [4.78, 5) is 0. The lowest BCUT2D eigenvalue weighted by molar-refractivity contribution is 0.357. The smallest absolute Gasteiger partial charge is 0.123 e. The quantitative estimate of drug-likeness (QED) is 0.880. The molecule has 2 nitrogen and oxygen atoms in total. The molecule has 2 aromatic carbocycles. The van der Waals surface area contributed by atoms with Gasteiger partial charge in [0, 0.05) is 13.0 Å². The summed E-state index contributed by atoms with van der Waals surface area (Å²) in [5.41, 5.74) is 9.78. The van der Waals surface area contributed by atoms with E-state index >= 15 is 0 Å². The third-order valence-corrected chi connectivity index (χ3v) is 3.29. The van der Waals surface area contributed by atoms with E-state index in [0.717, 1.165) is 35.5 Å². The van der Waals surface area contributed by atoms with E-state index in [0.29, 0.717) is 6.54 Å². The van der Waals surface area contributed by atoms with Crippen LogP contribution in [0.2, 0.25) is 0 Å². The molecule has 2 aromatic rings. The van der Waals surface area contributed by atoms with Crippen LogP contribution in [0.3, 0.4) is 0 Å².